The van der Waals surface area contributed by atoms with E-state index < -0.39 is 5.82 Å². The van der Waals surface area contributed by atoms with Crippen LogP contribution >= 0.6 is 12.1 Å². The van der Waals surface area contributed by atoms with E-state index in [0.717, 1.165) is 12.1 Å². The van der Waals surface area contributed by atoms with Gasteiger partial charge in [-0.3, -0.25) is 13.6 Å². The van der Waals surface area contributed by atoms with Gasteiger partial charge in [0, 0.05) is 55.0 Å². The number of fused-ring (bicyclic) bond motifs is 1. The van der Waals surface area contributed by atoms with Crippen LogP contribution in [0.4, 0.5) is 15.9 Å². The second-order valence-corrected chi connectivity index (χ2v) is 9.95. The summed E-state index contributed by atoms with van der Waals surface area (Å²) in [7, 11) is 6.81. The zero-order valence-corrected chi connectivity index (χ0v) is 23.1. The van der Waals surface area contributed by atoms with Gasteiger partial charge in [0.15, 0.2) is 17.2 Å². The fourth-order valence-electron chi connectivity index (χ4n) is 3.98. The molecule has 0 bridgehead atoms. The van der Waals surface area contributed by atoms with Gasteiger partial charge >= 0.3 is 0 Å². The minimum absolute atomic E-state index is 0.0520. The van der Waals surface area contributed by atoms with E-state index in [-0.39, 0.29) is 18.0 Å². The van der Waals surface area contributed by atoms with Crippen molar-refractivity contribution in [2.24, 2.45) is 0 Å². The number of rotatable bonds is 10. The van der Waals surface area contributed by atoms with Crippen LogP contribution in [0.3, 0.4) is 0 Å². The number of benzene rings is 1. The number of ether oxygens (including phenoxy) is 2. The minimum Gasteiger partial charge on any atom is -0.497 e. The zero-order chi connectivity index (χ0) is 27.5. The molecule has 0 saturated carbocycles. The fraction of sp³-hybridized carbons (Fsp3) is 0.269. The van der Waals surface area contributed by atoms with E-state index in [1.807, 2.05) is 52.4 Å². The molecule has 4 aromatic heterocycles. The Labute approximate surface area is 229 Å². The molecule has 11 nitrogen and oxygen atoms in total. The van der Waals surface area contributed by atoms with Gasteiger partial charge in [0.05, 0.1) is 44.5 Å². The first-order valence-electron chi connectivity index (χ1n) is 12.1. The van der Waals surface area contributed by atoms with Crippen molar-refractivity contribution in [1.29, 1.82) is 0 Å². The molecule has 0 aliphatic carbocycles. The fourth-order valence-corrected chi connectivity index (χ4v) is 4.64. The van der Waals surface area contributed by atoms with Gasteiger partial charge in [0.2, 0.25) is 0 Å². The highest BCUT2D eigenvalue weighted by molar-refractivity contribution is 7.95. The summed E-state index contributed by atoms with van der Waals surface area (Å²) in [6, 6.07) is 6.70. The molecule has 0 fully saturated rings. The second kappa shape index (κ2) is 11.3. The molecule has 0 saturated heterocycles. The maximum absolute atomic E-state index is 15.8. The molecule has 0 radical (unpaired) electrons. The minimum atomic E-state index is -0.551. The number of imidazole rings is 1. The molecule has 0 amide bonds. The van der Waals surface area contributed by atoms with Crippen molar-refractivity contribution in [2.45, 2.75) is 20.0 Å². The van der Waals surface area contributed by atoms with Gasteiger partial charge in [-0.15, -0.1) is 0 Å². The molecule has 0 unspecified atom stereocenters. The lowest BCUT2D eigenvalue weighted by Crippen LogP contribution is -2.22. The molecule has 0 aliphatic rings. The number of nitrogens with zero attached hydrogens (tertiary/aromatic N) is 9. The summed E-state index contributed by atoms with van der Waals surface area (Å²) in [5.74, 6) is 1.08. The predicted molar refractivity (Wildman–Crippen MR) is 148 cm³/mol. The summed E-state index contributed by atoms with van der Waals surface area (Å²) < 4.78 is 32.2. The summed E-state index contributed by atoms with van der Waals surface area (Å²) in [6.07, 6.45) is 8.90. The normalized spacial score (nSPS) is 11.4. The number of halogens is 1. The molecule has 4 heterocycles. The van der Waals surface area contributed by atoms with E-state index >= 15 is 4.39 Å². The molecule has 13 heteroatoms. The van der Waals surface area contributed by atoms with Crippen molar-refractivity contribution in [3.63, 3.8) is 0 Å². The summed E-state index contributed by atoms with van der Waals surface area (Å²) in [5.41, 5.74) is 2.72. The largest absolute Gasteiger partial charge is 0.497 e. The predicted octanol–water partition coefficient (Wildman–Crippen LogP) is 4.57. The molecule has 5 rings (SSSR count). The molecule has 0 N–H and O–H groups in total. The third-order valence-corrected chi connectivity index (χ3v) is 6.73. The Morgan fingerprint density at radius 3 is 2.62 bits per heavy atom. The monoisotopic (exact) mass is 549 g/mol. The number of anilines is 2. The van der Waals surface area contributed by atoms with Crippen LogP contribution in [0.5, 0.6) is 11.5 Å². The van der Waals surface area contributed by atoms with Crippen molar-refractivity contribution < 1.29 is 13.9 Å². The highest BCUT2D eigenvalue weighted by atomic mass is 32.2. The maximum atomic E-state index is 15.8. The van der Waals surface area contributed by atoms with Crippen LogP contribution in [0, 0.1) is 5.82 Å². The first kappa shape index (κ1) is 26.4. The summed E-state index contributed by atoms with van der Waals surface area (Å²) >= 11 is 1.46. The summed E-state index contributed by atoms with van der Waals surface area (Å²) in [6.45, 7) is 2.96. The first-order chi connectivity index (χ1) is 18.9. The Morgan fingerprint density at radius 2 is 1.90 bits per heavy atom. The average molecular weight is 550 g/mol. The molecule has 39 heavy (non-hydrogen) atoms. The van der Waals surface area contributed by atoms with Crippen LogP contribution in [0.25, 0.3) is 22.4 Å². The van der Waals surface area contributed by atoms with E-state index in [4.69, 9.17) is 19.4 Å². The Hall–Kier alpha value is -4.23. The van der Waals surface area contributed by atoms with Gasteiger partial charge < -0.3 is 14.4 Å². The van der Waals surface area contributed by atoms with E-state index in [1.54, 1.807) is 35.6 Å². The zero-order valence-electron chi connectivity index (χ0n) is 22.2. The lowest BCUT2D eigenvalue weighted by atomic mass is 10.2. The number of aryl methyl sites for hydroxylation is 1. The van der Waals surface area contributed by atoms with Crippen molar-refractivity contribution >= 4 is 34.8 Å². The summed E-state index contributed by atoms with van der Waals surface area (Å²) in [5, 5.41) is 4.33. The standard InChI is InChI=1S/C26H28FN9O2S/c1-6-34-15-17(13-30-34)20-14-29-19-7-8-23(32-26(19)31-20)35(16-24-28-9-10-36(24)39-33(2)3)21-11-18(37-4)12-22(38-5)25(21)27/h7-15H,6,16H2,1-5H3. The molecule has 5 aromatic rings. The van der Waals surface area contributed by atoms with Gasteiger partial charge in [0.1, 0.15) is 22.9 Å². The highest BCUT2D eigenvalue weighted by Crippen LogP contribution is 2.37. The third kappa shape index (κ3) is 5.49. The quantitative estimate of drug-likeness (QED) is 0.230. The molecular weight excluding hydrogens is 521 g/mol. The molecule has 0 atom stereocenters. The third-order valence-electron chi connectivity index (χ3n) is 5.89. The number of pyridine rings is 1. The highest BCUT2D eigenvalue weighted by Gasteiger charge is 2.23. The Kier molecular flexibility index (Phi) is 7.61. The molecular formula is C26H28FN9O2S. The van der Waals surface area contributed by atoms with E-state index in [1.165, 1.54) is 32.4 Å². The van der Waals surface area contributed by atoms with Gasteiger partial charge in [0.25, 0.3) is 0 Å². The Morgan fingerprint density at radius 1 is 1.05 bits per heavy atom. The van der Waals surface area contributed by atoms with Crippen LogP contribution < -0.4 is 14.4 Å². The van der Waals surface area contributed by atoms with Crippen LogP contribution in [0.1, 0.15) is 12.7 Å². The van der Waals surface area contributed by atoms with Crippen LogP contribution in [-0.2, 0) is 13.1 Å². The number of methoxy groups -OCH3 is 2. The van der Waals surface area contributed by atoms with Crippen LogP contribution in [0.2, 0.25) is 0 Å². The number of hydrogen-bond acceptors (Lipinski definition) is 10. The van der Waals surface area contributed by atoms with E-state index in [2.05, 4.69) is 15.1 Å². The van der Waals surface area contributed by atoms with Gasteiger partial charge in [-0.1, -0.05) is 0 Å². The first-order valence-corrected chi connectivity index (χ1v) is 12.9. The Balaban J connectivity index is 1.64. The lowest BCUT2D eigenvalue weighted by molar-refractivity contribution is 0.374. The van der Waals surface area contributed by atoms with Crippen molar-refractivity contribution in [3.8, 4) is 22.8 Å². The summed E-state index contributed by atoms with van der Waals surface area (Å²) in [4.78, 5) is 20.3. The number of hydrogen-bond donors (Lipinski definition) is 0. The topological polar surface area (TPSA) is 99.3 Å². The molecule has 1 aromatic carbocycles. The maximum Gasteiger partial charge on any atom is 0.188 e. The second-order valence-electron chi connectivity index (χ2n) is 8.66. The lowest BCUT2D eigenvalue weighted by Gasteiger charge is -2.26. The van der Waals surface area contributed by atoms with E-state index in [0.29, 0.717) is 34.2 Å². The molecule has 0 spiro atoms. The smallest absolute Gasteiger partial charge is 0.188 e. The van der Waals surface area contributed by atoms with Gasteiger partial charge in [-0.25, -0.2) is 23.6 Å². The van der Waals surface area contributed by atoms with Gasteiger partial charge in [-0.2, -0.15) is 5.10 Å². The van der Waals surface area contributed by atoms with Crippen molar-refractivity contribution in [3.05, 3.63) is 66.9 Å². The SMILES string of the molecule is CCn1cc(-c2cnc3ccc(N(Cc4nccn4SN(C)C)c4cc(OC)cc(OC)c4F)nc3n2)cn1. The molecule has 202 valence electrons. The Bertz CT molecular complexity index is 1600. The van der Waals surface area contributed by atoms with Crippen molar-refractivity contribution in [2.75, 3.05) is 33.2 Å². The average Bonchev–Trinajstić information content (AvgIpc) is 3.60. The van der Waals surface area contributed by atoms with Crippen molar-refractivity contribution in [1.82, 2.24) is 38.0 Å². The van der Waals surface area contributed by atoms with Crippen LogP contribution in [0.15, 0.2) is 55.2 Å². The number of aromatic nitrogens is 7. The van der Waals surface area contributed by atoms with Crippen LogP contribution in [-0.4, -0.2) is 66.3 Å². The molecule has 0 aliphatic heterocycles. The van der Waals surface area contributed by atoms with Gasteiger partial charge in [-0.05, 0) is 33.2 Å². The van der Waals surface area contributed by atoms with E-state index in [9.17, 15) is 0 Å².